The highest BCUT2D eigenvalue weighted by Crippen LogP contribution is 2.29. The number of carbonyl (C=O) groups is 1. The fourth-order valence-electron chi connectivity index (χ4n) is 3.09. The highest BCUT2D eigenvalue weighted by atomic mass is 16.5. The molecule has 6 nitrogen and oxygen atoms in total. The topological polar surface area (TPSA) is 81.2 Å². The van der Waals surface area contributed by atoms with E-state index in [2.05, 4.69) is 21.4 Å². The summed E-state index contributed by atoms with van der Waals surface area (Å²) >= 11 is 0. The molecule has 3 aromatic rings. The predicted molar refractivity (Wildman–Crippen MR) is 96.6 cm³/mol. The van der Waals surface area contributed by atoms with E-state index >= 15 is 0 Å². The van der Waals surface area contributed by atoms with Crippen LogP contribution in [0.25, 0.3) is 16.5 Å². The maximum atomic E-state index is 12.6. The molecular formula is C19H18N4O2. The Hall–Kier alpha value is -2.96. The maximum Gasteiger partial charge on any atom is 0.283 e. The van der Waals surface area contributed by atoms with Crippen molar-refractivity contribution in [2.75, 3.05) is 18.2 Å². The van der Waals surface area contributed by atoms with Crippen molar-refractivity contribution >= 4 is 28.2 Å². The van der Waals surface area contributed by atoms with E-state index in [1.807, 2.05) is 18.3 Å². The van der Waals surface area contributed by atoms with Crippen LogP contribution in [0.2, 0.25) is 0 Å². The lowest BCUT2D eigenvalue weighted by Gasteiger charge is -2.15. The maximum absolute atomic E-state index is 12.6. The highest BCUT2D eigenvalue weighted by Gasteiger charge is 2.18. The van der Waals surface area contributed by atoms with E-state index in [1.54, 1.807) is 24.3 Å². The molecule has 126 valence electrons. The van der Waals surface area contributed by atoms with E-state index in [9.17, 15) is 10.0 Å². The molecule has 25 heavy (non-hydrogen) atoms. The van der Waals surface area contributed by atoms with E-state index in [1.165, 1.54) is 11.8 Å². The van der Waals surface area contributed by atoms with Gasteiger partial charge in [-0.3, -0.25) is 10.0 Å². The van der Waals surface area contributed by atoms with Crippen molar-refractivity contribution in [1.82, 2.24) is 15.3 Å². The first-order chi connectivity index (χ1) is 12.2. The number of rotatable bonds is 3. The van der Waals surface area contributed by atoms with Crippen LogP contribution < -0.4 is 10.4 Å². The van der Waals surface area contributed by atoms with Crippen molar-refractivity contribution in [1.29, 1.82) is 0 Å². The number of anilines is 1. The number of amides is 1. The number of nitrogens with zero attached hydrogens (tertiary/aromatic N) is 2. The summed E-state index contributed by atoms with van der Waals surface area (Å²) in [5.41, 5.74) is 3.75. The van der Waals surface area contributed by atoms with Gasteiger partial charge in [-0.1, -0.05) is 12.1 Å². The Balaban J connectivity index is 1.71. The third-order valence-electron chi connectivity index (χ3n) is 4.40. The van der Waals surface area contributed by atoms with Crippen LogP contribution in [0.15, 0.2) is 54.9 Å². The van der Waals surface area contributed by atoms with Gasteiger partial charge in [-0.05, 0) is 48.9 Å². The fraction of sp³-hybridized carbons (Fsp3) is 0.158. The van der Waals surface area contributed by atoms with Crippen molar-refractivity contribution in [3.63, 3.8) is 0 Å². The van der Waals surface area contributed by atoms with Gasteiger partial charge in [0.2, 0.25) is 0 Å². The Kier molecular flexibility index (Phi) is 4.05. The van der Waals surface area contributed by atoms with Gasteiger partial charge in [0.05, 0.1) is 0 Å². The third-order valence-corrected chi connectivity index (χ3v) is 4.40. The average molecular weight is 334 g/mol. The SMILES string of the molecule is O=C(c1ccc2[nH]cc(C3=CCNCC3)c2c1)N(O)c1ccccn1. The molecule has 2 aromatic heterocycles. The minimum absolute atomic E-state index is 0.197. The van der Waals surface area contributed by atoms with Gasteiger partial charge >= 0.3 is 0 Å². The number of carbonyl (C=O) groups excluding carboxylic acids is 1. The summed E-state index contributed by atoms with van der Waals surface area (Å²) in [4.78, 5) is 19.9. The second kappa shape index (κ2) is 6.51. The van der Waals surface area contributed by atoms with Gasteiger partial charge in [0.25, 0.3) is 5.91 Å². The molecule has 1 aromatic carbocycles. The van der Waals surface area contributed by atoms with Gasteiger partial charge in [-0.15, -0.1) is 0 Å². The summed E-state index contributed by atoms with van der Waals surface area (Å²) in [6.07, 6.45) is 6.63. The Morgan fingerprint density at radius 1 is 1.24 bits per heavy atom. The molecule has 0 aliphatic carbocycles. The van der Waals surface area contributed by atoms with Gasteiger partial charge in [-0.25, -0.2) is 4.98 Å². The monoisotopic (exact) mass is 334 g/mol. The third kappa shape index (κ3) is 2.93. The van der Waals surface area contributed by atoms with E-state index in [-0.39, 0.29) is 5.82 Å². The second-order valence-electron chi connectivity index (χ2n) is 5.95. The molecule has 1 aliphatic rings. The van der Waals surface area contributed by atoms with Crippen molar-refractivity contribution in [3.8, 4) is 0 Å². The number of fused-ring (bicyclic) bond motifs is 1. The van der Waals surface area contributed by atoms with Crippen LogP contribution in [-0.4, -0.2) is 34.2 Å². The van der Waals surface area contributed by atoms with Gasteiger partial charge in [0.15, 0.2) is 5.82 Å². The minimum Gasteiger partial charge on any atom is -0.361 e. The van der Waals surface area contributed by atoms with E-state index < -0.39 is 5.91 Å². The Morgan fingerprint density at radius 3 is 2.92 bits per heavy atom. The number of hydroxylamine groups is 1. The first kappa shape index (κ1) is 15.6. The molecule has 3 N–H and O–H groups in total. The zero-order valence-corrected chi connectivity index (χ0v) is 13.6. The van der Waals surface area contributed by atoms with Crippen molar-refractivity contribution in [2.24, 2.45) is 0 Å². The predicted octanol–water partition coefficient (Wildman–Crippen LogP) is 2.98. The Bertz CT molecular complexity index is 946. The number of hydrogen-bond acceptors (Lipinski definition) is 4. The number of H-pyrrole nitrogens is 1. The van der Waals surface area contributed by atoms with Crippen LogP contribution in [0.3, 0.4) is 0 Å². The van der Waals surface area contributed by atoms with Gasteiger partial charge in [0.1, 0.15) is 0 Å². The summed E-state index contributed by atoms with van der Waals surface area (Å²) in [6.45, 7) is 1.80. The van der Waals surface area contributed by atoms with Gasteiger partial charge in [-0.2, -0.15) is 5.06 Å². The molecule has 0 fully saturated rings. The normalized spacial score (nSPS) is 14.4. The van der Waals surface area contributed by atoms with E-state index in [0.717, 1.165) is 36.0 Å². The molecule has 0 atom stereocenters. The number of pyridine rings is 1. The summed E-state index contributed by atoms with van der Waals surface area (Å²) < 4.78 is 0. The standard InChI is InChI=1S/C19H18N4O2/c24-19(23(25)18-3-1-2-8-21-18)14-4-5-17-15(11-14)16(12-22-17)13-6-9-20-10-7-13/h1-6,8,11-12,20,22,25H,7,9-10H2. The van der Waals surface area contributed by atoms with Crippen LogP contribution in [0.1, 0.15) is 22.3 Å². The number of aromatic amines is 1. The van der Waals surface area contributed by atoms with Crippen LogP contribution in [0, 0.1) is 0 Å². The lowest BCUT2D eigenvalue weighted by Crippen LogP contribution is -2.27. The molecule has 1 aliphatic heterocycles. The van der Waals surface area contributed by atoms with E-state index in [4.69, 9.17) is 0 Å². The van der Waals surface area contributed by atoms with E-state index in [0.29, 0.717) is 10.6 Å². The molecule has 0 saturated heterocycles. The quantitative estimate of drug-likeness (QED) is 0.508. The molecule has 0 unspecified atom stereocenters. The number of hydrogen-bond donors (Lipinski definition) is 3. The van der Waals surface area contributed by atoms with Crippen LogP contribution in [-0.2, 0) is 0 Å². The molecule has 0 bridgehead atoms. The minimum atomic E-state index is -0.507. The summed E-state index contributed by atoms with van der Waals surface area (Å²) in [7, 11) is 0. The first-order valence-electron chi connectivity index (χ1n) is 8.19. The average Bonchev–Trinajstić information content (AvgIpc) is 3.11. The van der Waals surface area contributed by atoms with Crippen molar-refractivity contribution < 1.29 is 10.0 Å². The van der Waals surface area contributed by atoms with Crippen LogP contribution in [0.4, 0.5) is 5.82 Å². The fourth-order valence-corrected chi connectivity index (χ4v) is 3.09. The molecule has 0 spiro atoms. The lowest BCUT2D eigenvalue weighted by molar-refractivity contribution is 0.0852. The van der Waals surface area contributed by atoms with Crippen LogP contribution in [0.5, 0.6) is 0 Å². The Labute approximate surface area is 144 Å². The number of benzene rings is 1. The smallest absolute Gasteiger partial charge is 0.283 e. The first-order valence-corrected chi connectivity index (χ1v) is 8.19. The molecule has 1 amide bonds. The zero-order valence-electron chi connectivity index (χ0n) is 13.6. The zero-order chi connectivity index (χ0) is 17.2. The summed E-state index contributed by atoms with van der Waals surface area (Å²) in [5, 5.41) is 15.0. The Morgan fingerprint density at radius 2 is 2.16 bits per heavy atom. The number of aromatic nitrogens is 2. The molecule has 0 radical (unpaired) electrons. The molecule has 4 rings (SSSR count). The van der Waals surface area contributed by atoms with Crippen molar-refractivity contribution in [2.45, 2.75) is 6.42 Å². The van der Waals surface area contributed by atoms with Crippen molar-refractivity contribution in [3.05, 3.63) is 66.0 Å². The van der Waals surface area contributed by atoms with Crippen LogP contribution >= 0.6 is 0 Å². The molecule has 3 heterocycles. The van der Waals surface area contributed by atoms with Gasteiger partial charge in [0, 0.05) is 41.0 Å². The highest BCUT2D eigenvalue weighted by molar-refractivity contribution is 6.07. The number of nitrogens with one attached hydrogen (secondary N) is 2. The second-order valence-corrected chi connectivity index (χ2v) is 5.95. The van der Waals surface area contributed by atoms with Gasteiger partial charge < -0.3 is 10.3 Å². The lowest BCUT2D eigenvalue weighted by atomic mass is 9.98. The largest absolute Gasteiger partial charge is 0.361 e. The molecular weight excluding hydrogens is 316 g/mol. The summed E-state index contributed by atoms with van der Waals surface area (Å²) in [6, 6.07) is 10.4. The molecule has 6 heteroatoms. The molecule has 0 saturated carbocycles. The summed E-state index contributed by atoms with van der Waals surface area (Å²) in [5.74, 6) is -0.310.